The number of hydrogen-bond acceptors (Lipinski definition) is 2. The lowest BCUT2D eigenvalue weighted by Gasteiger charge is -2.19. The summed E-state index contributed by atoms with van der Waals surface area (Å²) in [6.07, 6.45) is 8.80. The number of carbonyl (C=O) groups excluding carboxylic acids is 1. The van der Waals surface area contributed by atoms with Crippen LogP contribution in [0.2, 0.25) is 0 Å². The molecule has 0 radical (unpaired) electrons. The number of benzene rings is 1. The maximum Gasteiger partial charge on any atom is 0.319 e. The maximum atomic E-state index is 11.1. The van der Waals surface area contributed by atoms with Crippen LogP contribution in [0, 0.1) is 0 Å². The Labute approximate surface area is 118 Å². The van der Waals surface area contributed by atoms with Crippen LogP contribution in [0.3, 0.4) is 0 Å². The number of amides is 2. The molecule has 104 valence electrons. The minimum atomic E-state index is -0.153. The standard InChI is InChI=1S/C16H19N3O/c17-15-7-6-12(13-9-18-16(20)19-10-13)8-14(15)11-4-2-1-3-5-11/h4,6-9H,1-3,5,10,17H2,(H2,18,19,20). The second kappa shape index (κ2) is 5.41. The number of hydrogen-bond donors (Lipinski definition) is 3. The number of nitrogen functional groups attached to an aromatic ring is 1. The van der Waals surface area contributed by atoms with Gasteiger partial charge < -0.3 is 16.4 Å². The van der Waals surface area contributed by atoms with Gasteiger partial charge in [0.15, 0.2) is 0 Å². The Balaban J connectivity index is 1.94. The SMILES string of the molecule is Nc1ccc(C2=CNC(=O)NC2)cc1C1=CCCCC1. The van der Waals surface area contributed by atoms with E-state index in [4.69, 9.17) is 5.73 Å². The lowest BCUT2D eigenvalue weighted by atomic mass is 9.90. The number of allylic oxidation sites excluding steroid dienone is 2. The van der Waals surface area contributed by atoms with Crippen molar-refractivity contribution >= 4 is 22.9 Å². The summed E-state index contributed by atoms with van der Waals surface area (Å²) in [5.74, 6) is 0. The molecule has 0 aromatic heterocycles. The van der Waals surface area contributed by atoms with Crippen LogP contribution < -0.4 is 16.4 Å². The molecule has 1 aliphatic heterocycles. The number of carbonyl (C=O) groups is 1. The van der Waals surface area contributed by atoms with E-state index in [0.29, 0.717) is 6.54 Å². The van der Waals surface area contributed by atoms with Crippen molar-refractivity contribution in [3.05, 3.63) is 41.6 Å². The number of nitrogens with two attached hydrogens (primary N) is 1. The highest BCUT2D eigenvalue weighted by atomic mass is 16.2. The van der Waals surface area contributed by atoms with Crippen molar-refractivity contribution in [3.63, 3.8) is 0 Å². The van der Waals surface area contributed by atoms with Crippen molar-refractivity contribution in [1.82, 2.24) is 10.6 Å². The van der Waals surface area contributed by atoms with E-state index < -0.39 is 0 Å². The minimum absolute atomic E-state index is 0.153. The smallest absolute Gasteiger partial charge is 0.319 e. The second-order valence-electron chi connectivity index (χ2n) is 5.27. The van der Waals surface area contributed by atoms with Gasteiger partial charge in [0.1, 0.15) is 0 Å². The van der Waals surface area contributed by atoms with Crippen LogP contribution >= 0.6 is 0 Å². The van der Waals surface area contributed by atoms with Crippen LogP contribution in [0.25, 0.3) is 11.1 Å². The van der Waals surface area contributed by atoms with E-state index in [1.165, 1.54) is 18.4 Å². The molecule has 0 bridgehead atoms. The fourth-order valence-corrected chi connectivity index (χ4v) is 2.73. The van der Waals surface area contributed by atoms with Crippen molar-refractivity contribution in [3.8, 4) is 0 Å². The highest BCUT2D eigenvalue weighted by molar-refractivity contribution is 5.85. The van der Waals surface area contributed by atoms with Crippen LogP contribution in [0.1, 0.15) is 36.8 Å². The van der Waals surface area contributed by atoms with Gasteiger partial charge in [-0.2, -0.15) is 0 Å². The van der Waals surface area contributed by atoms with Crippen LogP contribution in [0.5, 0.6) is 0 Å². The van der Waals surface area contributed by atoms with Gasteiger partial charge >= 0.3 is 6.03 Å². The molecule has 1 heterocycles. The van der Waals surface area contributed by atoms with Crippen LogP contribution in [0.15, 0.2) is 30.5 Å². The molecule has 1 aliphatic carbocycles. The molecular weight excluding hydrogens is 250 g/mol. The number of rotatable bonds is 2. The quantitative estimate of drug-likeness (QED) is 0.723. The normalized spacial score (nSPS) is 18.7. The first-order chi connectivity index (χ1) is 9.74. The Morgan fingerprint density at radius 1 is 1.15 bits per heavy atom. The van der Waals surface area contributed by atoms with Gasteiger partial charge in [0, 0.05) is 24.0 Å². The van der Waals surface area contributed by atoms with Gasteiger partial charge in [-0.25, -0.2) is 4.79 Å². The number of nitrogens with one attached hydrogen (secondary N) is 2. The number of anilines is 1. The van der Waals surface area contributed by atoms with Gasteiger partial charge in [0.25, 0.3) is 0 Å². The fourth-order valence-electron chi connectivity index (χ4n) is 2.73. The first-order valence-corrected chi connectivity index (χ1v) is 7.07. The zero-order valence-electron chi connectivity index (χ0n) is 11.4. The first kappa shape index (κ1) is 12.8. The lowest BCUT2D eigenvalue weighted by molar-refractivity contribution is 0.244. The topological polar surface area (TPSA) is 67.1 Å². The predicted molar refractivity (Wildman–Crippen MR) is 81.8 cm³/mol. The van der Waals surface area contributed by atoms with E-state index in [0.717, 1.165) is 35.2 Å². The van der Waals surface area contributed by atoms with E-state index in [1.807, 2.05) is 12.1 Å². The van der Waals surface area contributed by atoms with Gasteiger partial charge in [-0.15, -0.1) is 0 Å². The number of urea groups is 1. The van der Waals surface area contributed by atoms with E-state index in [2.05, 4.69) is 22.8 Å². The van der Waals surface area contributed by atoms with Gasteiger partial charge in [-0.3, -0.25) is 0 Å². The summed E-state index contributed by atoms with van der Waals surface area (Å²) < 4.78 is 0. The van der Waals surface area contributed by atoms with E-state index in [1.54, 1.807) is 6.20 Å². The van der Waals surface area contributed by atoms with Crippen molar-refractivity contribution in [1.29, 1.82) is 0 Å². The third kappa shape index (κ3) is 2.54. The summed E-state index contributed by atoms with van der Waals surface area (Å²) in [4.78, 5) is 11.1. The molecule has 1 aromatic carbocycles. The molecule has 0 atom stereocenters. The predicted octanol–water partition coefficient (Wildman–Crippen LogP) is 2.88. The Morgan fingerprint density at radius 2 is 2.05 bits per heavy atom. The largest absolute Gasteiger partial charge is 0.398 e. The molecule has 2 aliphatic rings. The van der Waals surface area contributed by atoms with Crippen molar-refractivity contribution in [2.45, 2.75) is 25.7 Å². The minimum Gasteiger partial charge on any atom is -0.398 e. The molecule has 0 spiro atoms. The molecule has 4 heteroatoms. The zero-order valence-corrected chi connectivity index (χ0v) is 11.4. The van der Waals surface area contributed by atoms with Crippen molar-refractivity contribution in [2.75, 3.05) is 12.3 Å². The zero-order chi connectivity index (χ0) is 13.9. The van der Waals surface area contributed by atoms with Crippen LogP contribution in [0.4, 0.5) is 10.5 Å². The Bertz CT molecular complexity index is 602. The highest BCUT2D eigenvalue weighted by Crippen LogP contribution is 2.32. The highest BCUT2D eigenvalue weighted by Gasteiger charge is 2.14. The Kier molecular flexibility index (Phi) is 3.46. The van der Waals surface area contributed by atoms with E-state index >= 15 is 0 Å². The molecule has 4 N–H and O–H groups in total. The molecule has 4 nitrogen and oxygen atoms in total. The summed E-state index contributed by atoms with van der Waals surface area (Å²) in [6, 6.07) is 5.95. The fraction of sp³-hybridized carbons (Fsp3) is 0.312. The van der Waals surface area contributed by atoms with Crippen LogP contribution in [-0.4, -0.2) is 12.6 Å². The first-order valence-electron chi connectivity index (χ1n) is 7.07. The third-order valence-electron chi connectivity index (χ3n) is 3.88. The molecule has 1 aromatic rings. The lowest BCUT2D eigenvalue weighted by Crippen LogP contribution is -2.37. The summed E-state index contributed by atoms with van der Waals surface area (Å²) in [6.45, 7) is 0.550. The van der Waals surface area contributed by atoms with Crippen molar-refractivity contribution in [2.24, 2.45) is 0 Å². The molecule has 0 fully saturated rings. The molecule has 0 saturated carbocycles. The summed E-state index contributed by atoms with van der Waals surface area (Å²) >= 11 is 0. The van der Waals surface area contributed by atoms with Gasteiger partial charge in [0.05, 0.1) is 0 Å². The average Bonchev–Trinajstić information content (AvgIpc) is 2.50. The van der Waals surface area contributed by atoms with Gasteiger partial charge in [-0.05, 0) is 54.5 Å². The molecule has 0 saturated heterocycles. The Hall–Kier alpha value is -2.23. The maximum absolute atomic E-state index is 11.1. The summed E-state index contributed by atoms with van der Waals surface area (Å²) in [5, 5.41) is 5.47. The molecule has 2 amide bonds. The average molecular weight is 269 g/mol. The second-order valence-corrected chi connectivity index (χ2v) is 5.27. The van der Waals surface area contributed by atoms with E-state index in [-0.39, 0.29) is 6.03 Å². The van der Waals surface area contributed by atoms with Crippen molar-refractivity contribution < 1.29 is 4.79 Å². The van der Waals surface area contributed by atoms with E-state index in [9.17, 15) is 4.79 Å². The Morgan fingerprint density at radius 3 is 2.75 bits per heavy atom. The van der Waals surface area contributed by atoms with Gasteiger partial charge in [-0.1, -0.05) is 12.1 Å². The third-order valence-corrected chi connectivity index (χ3v) is 3.88. The summed E-state index contributed by atoms with van der Waals surface area (Å²) in [7, 11) is 0. The molecule has 0 unspecified atom stereocenters. The van der Waals surface area contributed by atoms with Gasteiger partial charge in [0.2, 0.25) is 0 Å². The summed E-state index contributed by atoms with van der Waals surface area (Å²) in [5.41, 5.74) is 11.6. The molecular formula is C16H19N3O. The molecule has 3 rings (SSSR count). The molecule has 20 heavy (non-hydrogen) atoms. The van der Waals surface area contributed by atoms with Crippen LogP contribution in [-0.2, 0) is 0 Å². The monoisotopic (exact) mass is 269 g/mol.